The normalized spacial score (nSPS) is 20.0. The molecule has 222 valence electrons. The molecule has 0 spiro atoms. The summed E-state index contributed by atoms with van der Waals surface area (Å²) < 4.78 is 38.3. The number of hydrogen-bond donors (Lipinski definition) is 1. The summed E-state index contributed by atoms with van der Waals surface area (Å²) in [5.74, 6) is -0.252. The zero-order valence-electron chi connectivity index (χ0n) is 25.0. The van der Waals surface area contributed by atoms with E-state index in [1.54, 1.807) is 37.3 Å². The van der Waals surface area contributed by atoms with Crippen LogP contribution in [-0.2, 0) is 26.1 Å². The van der Waals surface area contributed by atoms with Crippen molar-refractivity contribution in [2.75, 3.05) is 6.61 Å². The standard InChI is InChI=1S/C34H39NO6S/c1-7-12-21-15-22(16-28(40-8-2)32(21)41-42(38,39)23-13-10-9-11-14-23)29-30-24(17-33(3,4)19-26(30)36)35-25-18-34(5,6)20-27(37)31(25)29/h7,9-11,13-16,29,35H,1,8,12,17-20H2,2-6H3. The number of benzene rings is 2. The summed E-state index contributed by atoms with van der Waals surface area (Å²) in [4.78, 5) is 27.6. The highest BCUT2D eigenvalue weighted by atomic mass is 32.2. The molecule has 0 saturated carbocycles. The molecule has 1 heterocycles. The van der Waals surface area contributed by atoms with Gasteiger partial charge in [0.25, 0.3) is 0 Å². The molecule has 1 N–H and O–H groups in total. The van der Waals surface area contributed by atoms with Gasteiger partial charge in [0, 0.05) is 46.9 Å². The summed E-state index contributed by atoms with van der Waals surface area (Å²) in [6.07, 6.45) is 4.07. The zero-order chi connectivity index (χ0) is 30.4. The van der Waals surface area contributed by atoms with Crippen LogP contribution in [0.1, 0.15) is 77.3 Å². The molecule has 0 bridgehead atoms. The summed E-state index contributed by atoms with van der Waals surface area (Å²) in [7, 11) is -4.17. The van der Waals surface area contributed by atoms with Gasteiger partial charge in [-0.1, -0.05) is 58.0 Å². The summed E-state index contributed by atoms with van der Waals surface area (Å²) in [5, 5.41) is 3.54. The van der Waals surface area contributed by atoms with Crippen molar-refractivity contribution in [3.8, 4) is 11.5 Å². The molecule has 1 aliphatic heterocycles. The maximum Gasteiger partial charge on any atom is 0.339 e. The molecule has 0 amide bonds. The Hall–Kier alpha value is -3.65. The van der Waals surface area contributed by atoms with Crippen LogP contribution >= 0.6 is 0 Å². The van der Waals surface area contributed by atoms with Crippen molar-refractivity contribution in [1.82, 2.24) is 5.32 Å². The van der Waals surface area contributed by atoms with E-state index in [9.17, 15) is 18.0 Å². The van der Waals surface area contributed by atoms with Crippen LogP contribution in [0.2, 0.25) is 0 Å². The van der Waals surface area contributed by atoms with Crippen LogP contribution in [0.25, 0.3) is 0 Å². The number of carbonyl (C=O) groups is 2. The number of carbonyl (C=O) groups excluding carboxylic acids is 2. The highest BCUT2D eigenvalue weighted by Crippen LogP contribution is 2.52. The topological polar surface area (TPSA) is 98.8 Å². The molecule has 3 aliphatic rings. The first-order chi connectivity index (χ1) is 19.7. The Kier molecular flexibility index (Phi) is 7.73. The number of ketones is 2. The van der Waals surface area contributed by atoms with Crippen molar-refractivity contribution >= 4 is 21.7 Å². The lowest BCUT2D eigenvalue weighted by Crippen LogP contribution is -2.42. The van der Waals surface area contributed by atoms with Crippen LogP contribution in [0.3, 0.4) is 0 Å². The second-order valence-corrected chi connectivity index (χ2v) is 14.6. The summed E-state index contributed by atoms with van der Waals surface area (Å²) in [5.41, 5.74) is 3.75. The number of Topliss-reactive ketones (excluding diaryl/α,β-unsaturated/α-hetero) is 2. The molecule has 0 fully saturated rings. The number of allylic oxidation sites excluding steroid dienone is 5. The van der Waals surface area contributed by atoms with Crippen LogP contribution in [0, 0.1) is 10.8 Å². The minimum Gasteiger partial charge on any atom is -0.490 e. The van der Waals surface area contributed by atoms with Gasteiger partial charge in [-0.15, -0.1) is 6.58 Å². The molecule has 0 radical (unpaired) electrons. The van der Waals surface area contributed by atoms with E-state index < -0.39 is 16.0 Å². The largest absolute Gasteiger partial charge is 0.490 e. The third-order valence-corrected chi connectivity index (χ3v) is 9.33. The van der Waals surface area contributed by atoms with Crippen LogP contribution in [0.15, 0.2) is 82.6 Å². The van der Waals surface area contributed by atoms with Gasteiger partial charge in [0.1, 0.15) is 4.90 Å². The second kappa shape index (κ2) is 10.9. The van der Waals surface area contributed by atoms with E-state index in [4.69, 9.17) is 8.92 Å². The maximum absolute atomic E-state index is 13.8. The first kappa shape index (κ1) is 29.8. The Morgan fingerprint density at radius 1 is 0.929 bits per heavy atom. The number of ether oxygens (including phenoxy) is 1. The third-order valence-electron chi connectivity index (χ3n) is 8.10. The summed E-state index contributed by atoms with van der Waals surface area (Å²) >= 11 is 0. The lowest BCUT2D eigenvalue weighted by molar-refractivity contribution is -0.119. The lowest BCUT2D eigenvalue weighted by Gasteiger charge is -2.44. The molecule has 42 heavy (non-hydrogen) atoms. The average Bonchev–Trinajstić information content (AvgIpc) is 2.88. The van der Waals surface area contributed by atoms with Crippen molar-refractivity contribution in [2.45, 2.75) is 77.5 Å². The average molecular weight is 590 g/mol. The van der Waals surface area contributed by atoms with Gasteiger partial charge in [0.05, 0.1) is 6.61 Å². The predicted molar refractivity (Wildman–Crippen MR) is 162 cm³/mol. The highest BCUT2D eigenvalue weighted by Gasteiger charge is 2.46. The third kappa shape index (κ3) is 5.69. The SMILES string of the molecule is C=CCc1cc(C2C3=C(CC(C)(C)CC3=O)NC3=C2C(=O)CC(C)(C)C3)cc(OCC)c1OS(=O)(=O)c1ccccc1. The molecule has 7 nitrogen and oxygen atoms in total. The Balaban J connectivity index is 1.72. The van der Waals surface area contributed by atoms with Gasteiger partial charge >= 0.3 is 10.1 Å². The Labute approximate surface area is 248 Å². The fraction of sp³-hybridized carbons (Fsp3) is 0.412. The van der Waals surface area contributed by atoms with E-state index >= 15 is 0 Å². The molecule has 0 saturated heterocycles. The van der Waals surface area contributed by atoms with Gasteiger partial charge in [-0.05, 0) is 60.8 Å². The fourth-order valence-electron chi connectivity index (χ4n) is 6.48. The minimum absolute atomic E-state index is 0.0122. The number of hydrogen-bond acceptors (Lipinski definition) is 7. The number of rotatable bonds is 8. The monoisotopic (exact) mass is 589 g/mol. The molecule has 8 heteroatoms. The molecule has 0 unspecified atom stereocenters. The Morgan fingerprint density at radius 2 is 1.50 bits per heavy atom. The van der Waals surface area contributed by atoms with Gasteiger partial charge in [-0.3, -0.25) is 9.59 Å². The summed E-state index contributed by atoms with van der Waals surface area (Å²) in [6, 6.07) is 11.5. The maximum atomic E-state index is 13.8. The molecular weight excluding hydrogens is 550 g/mol. The van der Waals surface area contributed by atoms with Crippen molar-refractivity contribution in [3.63, 3.8) is 0 Å². The van der Waals surface area contributed by atoms with Crippen molar-refractivity contribution < 1.29 is 26.9 Å². The van der Waals surface area contributed by atoms with Crippen LogP contribution in [-0.4, -0.2) is 26.6 Å². The fourth-order valence-corrected chi connectivity index (χ4v) is 7.48. The van der Waals surface area contributed by atoms with E-state index in [1.165, 1.54) is 12.1 Å². The second-order valence-electron chi connectivity index (χ2n) is 13.0. The van der Waals surface area contributed by atoms with Gasteiger partial charge in [-0.25, -0.2) is 0 Å². The molecule has 2 aliphatic carbocycles. The smallest absolute Gasteiger partial charge is 0.339 e. The van der Waals surface area contributed by atoms with Crippen LogP contribution in [0.5, 0.6) is 11.5 Å². The Bertz CT molecular complexity index is 1580. The quantitative estimate of drug-likeness (QED) is 0.275. The van der Waals surface area contributed by atoms with Gasteiger partial charge in [0.2, 0.25) is 0 Å². The molecule has 0 aromatic heterocycles. The molecular formula is C34H39NO6S. The van der Waals surface area contributed by atoms with E-state index in [1.807, 2.05) is 6.07 Å². The Morgan fingerprint density at radius 3 is 2.02 bits per heavy atom. The highest BCUT2D eigenvalue weighted by molar-refractivity contribution is 7.87. The zero-order valence-corrected chi connectivity index (χ0v) is 25.8. The van der Waals surface area contributed by atoms with E-state index in [0.717, 1.165) is 11.4 Å². The van der Waals surface area contributed by atoms with Crippen molar-refractivity contribution in [1.29, 1.82) is 0 Å². The van der Waals surface area contributed by atoms with Gasteiger partial charge in [0.15, 0.2) is 23.1 Å². The summed E-state index contributed by atoms with van der Waals surface area (Å²) in [6.45, 7) is 14.3. The van der Waals surface area contributed by atoms with Crippen molar-refractivity contribution in [2.24, 2.45) is 10.8 Å². The van der Waals surface area contributed by atoms with Gasteiger partial charge < -0.3 is 14.2 Å². The predicted octanol–water partition coefficient (Wildman–Crippen LogP) is 6.55. The van der Waals surface area contributed by atoms with E-state index in [2.05, 4.69) is 39.6 Å². The first-order valence-corrected chi connectivity index (χ1v) is 15.9. The van der Waals surface area contributed by atoms with Crippen molar-refractivity contribution in [3.05, 3.63) is 88.8 Å². The van der Waals surface area contributed by atoms with E-state index in [-0.39, 0.29) is 51.8 Å². The molecule has 0 atom stereocenters. The first-order valence-electron chi connectivity index (χ1n) is 14.4. The number of dihydropyridines is 1. The lowest BCUT2D eigenvalue weighted by atomic mass is 9.64. The van der Waals surface area contributed by atoms with E-state index in [0.29, 0.717) is 48.0 Å². The molecule has 2 aromatic rings. The minimum atomic E-state index is -4.17. The van der Waals surface area contributed by atoms with Crippen LogP contribution < -0.4 is 14.2 Å². The number of nitrogens with one attached hydrogen (secondary N) is 1. The molecule has 2 aromatic carbocycles. The van der Waals surface area contributed by atoms with Crippen LogP contribution in [0.4, 0.5) is 0 Å². The molecule has 5 rings (SSSR count). The van der Waals surface area contributed by atoms with Gasteiger partial charge in [-0.2, -0.15) is 8.42 Å².